The van der Waals surface area contributed by atoms with Crippen molar-refractivity contribution in [3.05, 3.63) is 42.0 Å². The van der Waals surface area contributed by atoms with Crippen LogP contribution in [0.1, 0.15) is 141 Å². The summed E-state index contributed by atoms with van der Waals surface area (Å²) in [5.41, 5.74) is 1.53. The van der Waals surface area contributed by atoms with E-state index in [-0.39, 0.29) is 0 Å². The summed E-state index contributed by atoms with van der Waals surface area (Å²) in [7, 11) is 0. The summed E-state index contributed by atoms with van der Waals surface area (Å²) in [6.45, 7) is 5.37. The molecular weight excluding hydrogens is 436 g/mol. The maximum absolute atomic E-state index is 6.07. The van der Waals surface area contributed by atoms with Crippen molar-refractivity contribution in [2.45, 2.75) is 135 Å². The molecule has 0 bridgehead atoms. The van der Waals surface area contributed by atoms with E-state index in [0.29, 0.717) is 6.61 Å². The second-order valence-electron chi connectivity index (χ2n) is 12.8. The average molecular weight is 493 g/mol. The Morgan fingerprint density at radius 1 is 0.667 bits per heavy atom. The van der Waals surface area contributed by atoms with Gasteiger partial charge in [0.1, 0.15) is 12.4 Å². The molecule has 4 rings (SSSR count). The number of hydrogen-bond donors (Lipinski definition) is 0. The minimum atomic E-state index is 0.712. The highest BCUT2D eigenvalue weighted by Gasteiger charge is 2.30. The fraction of sp³-hybridized carbons (Fsp3) is 0.771. The number of rotatable bonds is 12. The Balaban J connectivity index is 1.10. The van der Waals surface area contributed by atoms with Crippen LogP contribution in [-0.2, 0) is 0 Å². The Hall–Kier alpha value is -1.24. The van der Waals surface area contributed by atoms with Gasteiger partial charge in [-0.05, 0) is 117 Å². The topological polar surface area (TPSA) is 9.23 Å². The van der Waals surface area contributed by atoms with Crippen LogP contribution in [0, 0.1) is 29.6 Å². The molecule has 1 heteroatoms. The van der Waals surface area contributed by atoms with E-state index < -0.39 is 0 Å². The second-order valence-corrected chi connectivity index (χ2v) is 12.8. The molecular formula is C35H56O. The van der Waals surface area contributed by atoms with Crippen LogP contribution in [0.25, 0.3) is 0 Å². The van der Waals surface area contributed by atoms with Gasteiger partial charge in [-0.2, -0.15) is 0 Å². The molecule has 0 N–H and O–H groups in total. The number of allylic oxidation sites excluding steroid dienone is 1. The first kappa shape index (κ1) is 27.8. The van der Waals surface area contributed by atoms with Crippen molar-refractivity contribution < 1.29 is 4.74 Å². The van der Waals surface area contributed by atoms with Crippen molar-refractivity contribution in [3.63, 3.8) is 0 Å². The molecule has 1 aromatic carbocycles. The van der Waals surface area contributed by atoms with Crippen LogP contribution in [0.3, 0.4) is 0 Å². The molecule has 202 valence electrons. The van der Waals surface area contributed by atoms with Gasteiger partial charge in [0.2, 0.25) is 0 Å². The first-order valence-electron chi connectivity index (χ1n) is 16.1. The van der Waals surface area contributed by atoms with E-state index in [9.17, 15) is 0 Å². The number of hydrogen-bond acceptors (Lipinski definition) is 1. The SMILES string of the molecule is CCCCCC1CCC(c2ccc(OC/C=C/[C@H]3CC[C@H]([C@H]4CC[C@H](CCC)CC4)CC3)cc2)CC1. The second kappa shape index (κ2) is 15.2. The van der Waals surface area contributed by atoms with Crippen molar-refractivity contribution in [1.82, 2.24) is 0 Å². The van der Waals surface area contributed by atoms with E-state index in [2.05, 4.69) is 50.3 Å². The van der Waals surface area contributed by atoms with Gasteiger partial charge in [-0.15, -0.1) is 0 Å². The van der Waals surface area contributed by atoms with E-state index >= 15 is 0 Å². The summed E-state index contributed by atoms with van der Waals surface area (Å²) in [6.07, 6.45) is 30.6. The molecule has 36 heavy (non-hydrogen) atoms. The van der Waals surface area contributed by atoms with Crippen LogP contribution in [0.4, 0.5) is 0 Å². The molecule has 0 spiro atoms. The zero-order valence-corrected chi connectivity index (χ0v) is 23.8. The van der Waals surface area contributed by atoms with Gasteiger partial charge >= 0.3 is 0 Å². The van der Waals surface area contributed by atoms with Gasteiger partial charge in [-0.25, -0.2) is 0 Å². The zero-order chi connectivity index (χ0) is 25.0. The molecule has 0 aliphatic heterocycles. The normalized spacial score (nSPS) is 31.5. The van der Waals surface area contributed by atoms with Crippen molar-refractivity contribution in [2.24, 2.45) is 29.6 Å². The van der Waals surface area contributed by atoms with Crippen LogP contribution in [0.5, 0.6) is 5.75 Å². The molecule has 0 atom stereocenters. The molecule has 3 aliphatic rings. The Morgan fingerprint density at radius 3 is 1.92 bits per heavy atom. The van der Waals surface area contributed by atoms with Gasteiger partial charge in [0, 0.05) is 0 Å². The third kappa shape index (κ3) is 8.66. The molecule has 0 aromatic heterocycles. The van der Waals surface area contributed by atoms with Gasteiger partial charge in [-0.1, -0.05) is 89.5 Å². The van der Waals surface area contributed by atoms with Crippen molar-refractivity contribution in [1.29, 1.82) is 0 Å². The summed E-state index contributed by atoms with van der Waals surface area (Å²) in [6, 6.07) is 9.07. The first-order chi connectivity index (χ1) is 17.7. The summed E-state index contributed by atoms with van der Waals surface area (Å²) in [4.78, 5) is 0. The first-order valence-corrected chi connectivity index (χ1v) is 16.1. The predicted octanol–water partition coefficient (Wildman–Crippen LogP) is 10.9. The minimum Gasteiger partial charge on any atom is -0.490 e. The Morgan fingerprint density at radius 2 is 1.28 bits per heavy atom. The van der Waals surface area contributed by atoms with E-state index in [1.165, 1.54) is 121 Å². The van der Waals surface area contributed by atoms with Gasteiger partial charge < -0.3 is 4.74 Å². The third-order valence-electron chi connectivity index (χ3n) is 10.2. The minimum absolute atomic E-state index is 0.712. The standard InChI is InChI=1S/C35H56O/c1-3-5-6-9-29-13-19-33(20-14-29)34-23-25-35(26-24-34)36-27-7-10-30-15-21-32(22-16-30)31-17-11-28(8-4-2)12-18-31/h7,10,23-26,28-33H,3-6,8-9,11-22,27H2,1-2H3/b10-7+/t28-,29?,30-,31-,32-,33?. The Kier molecular flexibility index (Phi) is 11.8. The van der Waals surface area contributed by atoms with Crippen LogP contribution < -0.4 is 4.74 Å². The highest BCUT2D eigenvalue weighted by molar-refractivity contribution is 5.30. The Labute approximate surface area is 223 Å². The fourth-order valence-electron chi connectivity index (χ4n) is 7.86. The van der Waals surface area contributed by atoms with Crippen molar-refractivity contribution in [3.8, 4) is 5.75 Å². The van der Waals surface area contributed by atoms with E-state index in [0.717, 1.165) is 41.3 Å². The zero-order valence-electron chi connectivity index (χ0n) is 23.8. The van der Waals surface area contributed by atoms with Crippen molar-refractivity contribution >= 4 is 0 Å². The monoisotopic (exact) mass is 492 g/mol. The van der Waals surface area contributed by atoms with Crippen LogP contribution >= 0.6 is 0 Å². The largest absolute Gasteiger partial charge is 0.490 e. The van der Waals surface area contributed by atoms with Gasteiger partial charge in [0.15, 0.2) is 0 Å². The lowest BCUT2D eigenvalue weighted by Gasteiger charge is -2.37. The lowest BCUT2D eigenvalue weighted by molar-refractivity contribution is 0.152. The molecule has 3 saturated carbocycles. The smallest absolute Gasteiger partial charge is 0.119 e. The lowest BCUT2D eigenvalue weighted by Crippen LogP contribution is -2.25. The summed E-state index contributed by atoms with van der Waals surface area (Å²) < 4.78 is 6.07. The van der Waals surface area contributed by atoms with Gasteiger partial charge in [0.25, 0.3) is 0 Å². The third-order valence-corrected chi connectivity index (χ3v) is 10.2. The van der Waals surface area contributed by atoms with E-state index in [4.69, 9.17) is 4.74 Å². The number of benzene rings is 1. The van der Waals surface area contributed by atoms with Gasteiger partial charge in [0.05, 0.1) is 0 Å². The predicted molar refractivity (Wildman–Crippen MR) is 156 cm³/mol. The molecule has 0 heterocycles. The molecule has 0 radical (unpaired) electrons. The molecule has 0 amide bonds. The molecule has 0 saturated heterocycles. The maximum atomic E-state index is 6.07. The summed E-state index contributed by atoms with van der Waals surface area (Å²) in [5, 5.41) is 0. The molecule has 1 aromatic rings. The van der Waals surface area contributed by atoms with Crippen LogP contribution in [-0.4, -0.2) is 6.61 Å². The quantitative estimate of drug-likeness (QED) is 0.208. The fourth-order valence-corrected chi connectivity index (χ4v) is 7.86. The molecule has 1 nitrogen and oxygen atoms in total. The van der Waals surface area contributed by atoms with Crippen LogP contribution in [0.15, 0.2) is 36.4 Å². The van der Waals surface area contributed by atoms with E-state index in [1.54, 1.807) is 0 Å². The highest BCUT2D eigenvalue weighted by atomic mass is 16.5. The average Bonchev–Trinajstić information content (AvgIpc) is 2.93. The summed E-state index contributed by atoms with van der Waals surface area (Å²) in [5.74, 6) is 6.66. The highest BCUT2D eigenvalue weighted by Crippen LogP contribution is 2.42. The molecule has 0 unspecified atom stereocenters. The lowest BCUT2D eigenvalue weighted by atomic mass is 9.69. The van der Waals surface area contributed by atoms with Gasteiger partial charge in [-0.3, -0.25) is 0 Å². The number of unbranched alkanes of at least 4 members (excludes halogenated alkanes) is 2. The molecule has 3 aliphatic carbocycles. The van der Waals surface area contributed by atoms with Crippen molar-refractivity contribution in [2.75, 3.05) is 6.61 Å². The Bertz CT molecular complexity index is 724. The van der Waals surface area contributed by atoms with Crippen LogP contribution in [0.2, 0.25) is 0 Å². The van der Waals surface area contributed by atoms with E-state index in [1.807, 2.05) is 0 Å². The maximum Gasteiger partial charge on any atom is 0.119 e. The molecule has 3 fully saturated rings. The number of ether oxygens (including phenoxy) is 1. The summed E-state index contributed by atoms with van der Waals surface area (Å²) >= 11 is 0.